The lowest BCUT2D eigenvalue weighted by molar-refractivity contribution is -0.140. The zero-order chi connectivity index (χ0) is 16.4. The summed E-state index contributed by atoms with van der Waals surface area (Å²) < 4.78 is 4.54. The Labute approximate surface area is 144 Å². The van der Waals surface area contributed by atoms with E-state index in [1.165, 1.54) is 7.11 Å². The minimum absolute atomic E-state index is 0.245. The van der Waals surface area contributed by atoms with Crippen molar-refractivity contribution < 1.29 is 9.53 Å². The first-order valence-electron chi connectivity index (χ1n) is 6.44. The number of methoxy groups -OCH3 is 1. The molecule has 0 bridgehead atoms. The fourth-order valence-electron chi connectivity index (χ4n) is 1.42. The Morgan fingerprint density at radius 1 is 1.27 bits per heavy atom. The predicted octanol–water partition coefficient (Wildman–Crippen LogP) is 1.96. The number of carbonyl (C=O) groups excluding carboxylic acids is 1. The van der Waals surface area contributed by atoms with E-state index in [-0.39, 0.29) is 5.97 Å². The van der Waals surface area contributed by atoms with E-state index in [0.29, 0.717) is 34.6 Å². The number of anilines is 1. The fourth-order valence-corrected chi connectivity index (χ4v) is 1.94. The molecule has 0 aromatic heterocycles. The molecular formula is C13H17ClN4O2S2. The van der Waals surface area contributed by atoms with Crippen LogP contribution in [0.1, 0.15) is 12.8 Å². The third kappa shape index (κ3) is 7.96. The molecule has 0 atom stereocenters. The number of benzene rings is 1. The summed E-state index contributed by atoms with van der Waals surface area (Å²) in [6.07, 6.45) is 0.966. The predicted molar refractivity (Wildman–Crippen MR) is 95.8 cm³/mol. The van der Waals surface area contributed by atoms with Gasteiger partial charge in [0.05, 0.1) is 7.11 Å². The molecule has 0 heterocycles. The van der Waals surface area contributed by atoms with Crippen molar-refractivity contribution >= 4 is 57.9 Å². The molecular weight excluding hydrogens is 344 g/mol. The van der Waals surface area contributed by atoms with Crippen molar-refractivity contribution in [1.29, 1.82) is 0 Å². The second kappa shape index (κ2) is 10.1. The molecule has 0 radical (unpaired) electrons. The van der Waals surface area contributed by atoms with Crippen molar-refractivity contribution in [3.63, 3.8) is 0 Å². The number of rotatable bonds is 5. The molecule has 0 unspecified atom stereocenters. The Balaban J connectivity index is 2.18. The number of ether oxygens (including phenoxy) is 1. The number of halogens is 1. The SMILES string of the molecule is COC(=O)CCCNC(=S)NNC(=S)Nc1cccc(Cl)c1. The highest BCUT2D eigenvalue weighted by molar-refractivity contribution is 7.80. The van der Waals surface area contributed by atoms with E-state index in [2.05, 4.69) is 26.2 Å². The van der Waals surface area contributed by atoms with Crippen LogP contribution in [0.5, 0.6) is 0 Å². The van der Waals surface area contributed by atoms with Gasteiger partial charge >= 0.3 is 5.97 Å². The number of esters is 1. The maximum atomic E-state index is 10.9. The van der Waals surface area contributed by atoms with E-state index in [0.717, 1.165) is 5.69 Å². The lowest BCUT2D eigenvalue weighted by Gasteiger charge is -2.14. The third-order valence-electron chi connectivity index (χ3n) is 2.44. The zero-order valence-electron chi connectivity index (χ0n) is 11.9. The summed E-state index contributed by atoms with van der Waals surface area (Å²) in [6, 6.07) is 7.17. The van der Waals surface area contributed by atoms with Crippen molar-refractivity contribution in [3.05, 3.63) is 29.3 Å². The van der Waals surface area contributed by atoms with Crippen LogP contribution < -0.4 is 21.5 Å². The second-order valence-corrected chi connectivity index (χ2v) is 5.40. The highest BCUT2D eigenvalue weighted by Crippen LogP contribution is 2.14. The highest BCUT2D eigenvalue weighted by Gasteiger charge is 2.01. The van der Waals surface area contributed by atoms with Gasteiger partial charge in [-0.15, -0.1) is 0 Å². The normalized spacial score (nSPS) is 9.55. The first-order valence-corrected chi connectivity index (χ1v) is 7.64. The first kappa shape index (κ1) is 18.4. The van der Waals surface area contributed by atoms with Gasteiger partial charge in [0.25, 0.3) is 0 Å². The maximum absolute atomic E-state index is 10.9. The number of nitrogens with one attached hydrogen (secondary N) is 4. The molecule has 120 valence electrons. The van der Waals surface area contributed by atoms with Gasteiger partial charge in [0.1, 0.15) is 0 Å². The molecule has 9 heteroatoms. The van der Waals surface area contributed by atoms with Crippen LogP contribution in [-0.2, 0) is 9.53 Å². The Morgan fingerprint density at radius 3 is 2.68 bits per heavy atom. The molecule has 0 saturated heterocycles. The van der Waals surface area contributed by atoms with Crippen LogP contribution >= 0.6 is 36.0 Å². The standard InChI is InChI=1S/C13H17ClN4O2S2/c1-20-11(19)6-3-7-15-12(21)17-18-13(22)16-10-5-2-4-9(14)8-10/h2,4-5,8H,3,6-7H2,1H3,(H2,15,17,21)(H2,16,18,22). The number of hydrazine groups is 1. The molecule has 0 aliphatic rings. The van der Waals surface area contributed by atoms with Gasteiger partial charge in [-0.1, -0.05) is 17.7 Å². The molecule has 1 aromatic carbocycles. The summed E-state index contributed by atoms with van der Waals surface area (Å²) >= 11 is 16.0. The van der Waals surface area contributed by atoms with Gasteiger partial charge < -0.3 is 15.4 Å². The van der Waals surface area contributed by atoms with E-state index in [1.807, 2.05) is 12.1 Å². The van der Waals surface area contributed by atoms with Crippen molar-refractivity contribution in [2.24, 2.45) is 0 Å². The van der Waals surface area contributed by atoms with E-state index in [4.69, 9.17) is 36.0 Å². The van der Waals surface area contributed by atoms with Crippen LogP contribution in [0.4, 0.5) is 5.69 Å². The number of carbonyl (C=O) groups is 1. The Hall–Kier alpha value is -1.64. The van der Waals surface area contributed by atoms with E-state index in [1.54, 1.807) is 12.1 Å². The van der Waals surface area contributed by atoms with Crippen LogP contribution in [0.3, 0.4) is 0 Å². The fraction of sp³-hybridized carbons (Fsp3) is 0.308. The number of hydrogen-bond donors (Lipinski definition) is 4. The average molecular weight is 361 g/mol. The van der Waals surface area contributed by atoms with E-state index >= 15 is 0 Å². The lowest BCUT2D eigenvalue weighted by atomic mass is 10.3. The van der Waals surface area contributed by atoms with Crippen molar-refractivity contribution in [2.45, 2.75) is 12.8 Å². The monoisotopic (exact) mass is 360 g/mol. The Morgan fingerprint density at radius 2 is 2.00 bits per heavy atom. The van der Waals surface area contributed by atoms with Crippen LogP contribution in [0.15, 0.2) is 24.3 Å². The zero-order valence-corrected chi connectivity index (χ0v) is 14.3. The largest absolute Gasteiger partial charge is 0.469 e. The molecule has 4 N–H and O–H groups in total. The summed E-state index contributed by atoms with van der Waals surface area (Å²) in [5, 5.41) is 7.22. The van der Waals surface area contributed by atoms with Crippen LogP contribution in [0, 0.1) is 0 Å². The molecule has 22 heavy (non-hydrogen) atoms. The molecule has 0 aliphatic heterocycles. The molecule has 1 rings (SSSR count). The summed E-state index contributed by atoms with van der Waals surface area (Å²) in [6.45, 7) is 0.553. The van der Waals surface area contributed by atoms with Crippen molar-refractivity contribution in [3.8, 4) is 0 Å². The van der Waals surface area contributed by atoms with Gasteiger partial charge in [-0.05, 0) is 49.1 Å². The third-order valence-corrected chi connectivity index (χ3v) is 3.13. The van der Waals surface area contributed by atoms with Gasteiger partial charge in [-0.2, -0.15) is 0 Å². The molecule has 1 aromatic rings. The topological polar surface area (TPSA) is 74.4 Å². The summed E-state index contributed by atoms with van der Waals surface area (Å²) in [5.41, 5.74) is 6.25. The van der Waals surface area contributed by atoms with Gasteiger partial charge in [-0.25, -0.2) is 0 Å². The van der Waals surface area contributed by atoms with E-state index < -0.39 is 0 Å². The van der Waals surface area contributed by atoms with Crippen LogP contribution in [0.25, 0.3) is 0 Å². The summed E-state index contributed by atoms with van der Waals surface area (Å²) in [4.78, 5) is 10.9. The van der Waals surface area contributed by atoms with Gasteiger partial charge in [0.2, 0.25) is 0 Å². The van der Waals surface area contributed by atoms with Gasteiger partial charge in [0, 0.05) is 23.7 Å². The Bertz CT molecular complexity index is 543. The molecule has 0 aliphatic carbocycles. The van der Waals surface area contributed by atoms with Crippen LogP contribution in [0.2, 0.25) is 5.02 Å². The van der Waals surface area contributed by atoms with Crippen molar-refractivity contribution in [1.82, 2.24) is 16.2 Å². The lowest BCUT2D eigenvalue weighted by Crippen LogP contribution is -2.48. The van der Waals surface area contributed by atoms with Crippen LogP contribution in [-0.4, -0.2) is 29.8 Å². The second-order valence-electron chi connectivity index (χ2n) is 4.15. The van der Waals surface area contributed by atoms with E-state index in [9.17, 15) is 4.79 Å². The molecule has 0 fully saturated rings. The highest BCUT2D eigenvalue weighted by atomic mass is 35.5. The number of thiocarbonyl (C=S) groups is 2. The average Bonchev–Trinajstić information content (AvgIpc) is 2.49. The molecule has 6 nitrogen and oxygen atoms in total. The molecule has 0 spiro atoms. The quantitative estimate of drug-likeness (QED) is 0.275. The maximum Gasteiger partial charge on any atom is 0.305 e. The minimum atomic E-state index is -0.245. The van der Waals surface area contributed by atoms with Crippen molar-refractivity contribution in [2.75, 3.05) is 19.0 Å². The number of hydrogen-bond acceptors (Lipinski definition) is 4. The van der Waals surface area contributed by atoms with Gasteiger partial charge in [0.15, 0.2) is 10.2 Å². The Kier molecular flexibility index (Phi) is 8.49. The van der Waals surface area contributed by atoms with Gasteiger partial charge in [-0.3, -0.25) is 15.6 Å². The smallest absolute Gasteiger partial charge is 0.305 e. The molecule has 0 saturated carbocycles. The summed E-state index contributed by atoms with van der Waals surface area (Å²) in [5.74, 6) is -0.245. The first-order chi connectivity index (χ1) is 10.5. The summed E-state index contributed by atoms with van der Waals surface area (Å²) in [7, 11) is 1.36. The molecule has 0 amide bonds. The minimum Gasteiger partial charge on any atom is -0.469 e.